The van der Waals surface area contributed by atoms with E-state index in [-0.39, 0.29) is 11.9 Å². The average Bonchev–Trinajstić information content (AvgIpc) is 2.54. The lowest BCUT2D eigenvalue weighted by Crippen LogP contribution is -2.48. The largest absolute Gasteiger partial charge is 0.351 e. The molecule has 0 bridgehead atoms. The SMILES string of the molecule is CCN(CC)C(=O)C1=C(C)N(C)C(=S)N[C@@H]1c1ccccc1Cl. The van der Waals surface area contributed by atoms with Gasteiger partial charge in [-0.05, 0) is 44.6 Å². The highest BCUT2D eigenvalue weighted by molar-refractivity contribution is 7.80. The van der Waals surface area contributed by atoms with Crippen LogP contribution in [0.2, 0.25) is 5.02 Å². The van der Waals surface area contributed by atoms with E-state index in [1.165, 1.54) is 0 Å². The van der Waals surface area contributed by atoms with E-state index in [9.17, 15) is 4.79 Å². The molecular formula is C17H22ClN3OS. The molecule has 1 N–H and O–H groups in total. The van der Waals surface area contributed by atoms with Gasteiger partial charge in [-0.3, -0.25) is 4.79 Å². The van der Waals surface area contributed by atoms with Crippen molar-refractivity contribution in [1.82, 2.24) is 15.1 Å². The van der Waals surface area contributed by atoms with Crippen LogP contribution in [0.15, 0.2) is 35.5 Å². The van der Waals surface area contributed by atoms with Crippen molar-refractivity contribution < 1.29 is 4.79 Å². The Hall–Kier alpha value is -1.59. The van der Waals surface area contributed by atoms with E-state index in [0.29, 0.717) is 28.8 Å². The Morgan fingerprint density at radius 1 is 1.35 bits per heavy atom. The highest BCUT2D eigenvalue weighted by Gasteiger charge is 2.34. The lowest BCUT2D eigenvalue weighted by Gasteiger charge is -2.37. The number of allylic oxidation sites excluding steroid dienone is 1. The lowest BCUT2D eigenvalue weighted by atomic mass is 9.94. The number of likely N-dealkylation sites (N-methyl/N-ethyl adjacent to an activating group) is 1. The fraction of sp³-hybridized carbons (Fsp3) is 0.412. The van der Waals surface area contributed by atoms with Crippen molar-refractivity contribution >= 4 is 34.8 Å². The third-order valence-electron chi connectivity index (χ3n) is 4.25. The van der Waals surface area contributed by atoms with Crippen molar-refractivity contribution in [2.24, 2.45) is 0 Å². The number of nitrogens with zero attached hydrogens (tertiary/aromatic N) is 2. The van der Waals surface area contributed by atoms with E-state index in [1.807, 2.05) is 61.9 Å². The number of halogens is 1. The molecule has 2 rings (SSSR count). The molecule has 0 saturated heterocycles. The van der Waals surface area contributed by atoms with Crippen molar-refractivity contribution in [3.8, 4) is 0 Å². The molecule has 0 spiro atoms. The highest BCUT2D eigenvalue weighted by atomic mass is 35.5. The molecule has 23 heavy (non-hydrogen) atoms. The minimum atomic E-state index is -0.333. The molecule has 0 radical (unpaired) electrons. The first-order valence-corrected chi connectivity index (χ1v) is 8.49. The van der Waals surface area contributed by atoms with Gasteiger partial charge in [0.2, 0.25) is 0 Å². The number of carbonyl (C=O) groups excluding carboxylic acids is 1. The van der Waals surface area contributed by atoms with E-state index in [4.69, 9.17) is 23.8 Å². The number of benzene rings is 1. The molecule has 0 fully saturated rings. The van der Waals surface area contributed by atoms with E-state index in [1.54, 1.807) is 0 Å². The Bertz CT molecular complexity index is 655. The third kappa shape index (κ3) is 3.35. The van der Waals surface area contributed by atoms with Crippen molar-refractivity contribution in [1.29, 1.82) is 0 Å². The molecular weight excluding hydrogens is 330 g/mol. The van der Waals surface area contributed by atoms with Crippen molar-refractivity contribution in [3.05, 3.63) is 46.1 Å². The van der Waals surface area contributed by atoms with E-state index in [0.717, 1.165) is 11.3 Å². The zero-order valence-corrected chi connectivity index (χ0v) is 15.5. The monoisotopic (exact) mass is 351 g/mol. The summed E-state index contributed by atoms with van der Waals surface area (Å²) in [5.41, 5.74) is 2.41. The van der Waals surface area contributed by atoms with Gasteiger partial charge in [-0.2, -0.15) is 0 Å². The Kier molecular flexibility index (Phi) is 5.65. The van der Waals surface area contributed by atoms with E-state index < -0.39 is 0 Å². The smallest absolute Gasteiger partial charge is 0.253 e. The first-order valence-electron chi connectivity index (χ1n) is 7.71. The van der Waals surface area contributed by atoms with Crippen LogP contribution in [-0.2, 0) is 4.79 Å². The van der Waals surface area contributed by atoms with Crippen LogP contribution in [0.5, 0.6) is 0 Å². The van der Waals surface area contributed by atoms with Crippen LogP contribution in [0.25, 0.3) is 0 Å². The maximum absolute atomic E-state index is 13.0. The summed E-state index contributed by atoms with van der Waals surface area (Å²) in [5.74, 6) is 0.0132. The number of hydrogen-bond donors (Lipinski definition) is 1. The summed E-state index contributed by atoms with van der Waals surface area (Å²) in [4.78, 5) is 16.7. The van der Waals surface area contributed by atoms with Gasteiger partial charge in [0.05, 0.1) is 11.6 Å². The van der Waals surface area contributed by atoms with Crippen LogP contribution in [-0.4, -0.2) is 41.0 Å². The maximum Gasteiger partial charge on any atom is 0.253 e. The molecule has 0 aromatic heterocycles. The topological polar surface area (TPSA) is 35.6 Å². The zero-order valence-electron chi connectivity index (χ0n) is 13.9. The molecule has 1 aliphatic heterocycles. The van der Waals surface area contributed by atoms with Crippen molar-refractivity contribution in [3.63, 3.8) is 0 Å². The second kappa shape index (κ2) is 7.32. The fourth-order valence-electron chi connectivity index (χ4n) is 2.74. The standard InChI is InChI=1S/C17H22ClN3OS/c1-5-21(6-2)16(22)14-11(3)20(4)17(23)19-15(14)12-9-7-8-10-13(12)18/h7-10,15H,5-6H2,1-4H3,(H,19,23)/t15-/m1/s1. The summed E-state index contributed by atoms with van der Waals surface area (Å²) in [6.45, 7) is 7.21. The first kappa shape index (κ1) is 17.8. The minimum absolute atomic E-state index is 0.0132. The molecule has 1 aromatic rings. The fourth-order valence-corrected chi connectivity index (χ4v) is 3.24. The summed E-state index contributed by atoms with van der Waals surface area (Å²) >= 11 is 11.8. The molecule has 0 aliphatic carbocycles. The van der Waals surface area contributed by atoms with Gasteiger partial charge in [0.15, 0.2) is 5.11 Å². The molecule has 4 nitrogen and oxygen atoms in total. The molecule has 124 valence electrons. The van der Waals surface area contributed by atoms with Gasteiger partial charge >= 0.3 is 0 Å². The zero-order chi connectivity index (χ0) is 17.1. The van der Waals surface area contributed by atoms with Gasteiger partial charge in [-0.15, -0.1) is 0 Å². The molecule has 1 atom stereocenters. The Morgan fingerprint density at radius 3 is 2.52 bits per heavy atom. The number of amides is 1. The number of hydrogen-bond acceptors (Lipinski definition) is 2. The number of carbonyl (C=O) groups is 1. The van der Waals surface area contributed by atoms with Crippen LogP contribution >= 0.6 is 23.8 Å². The summed E-state index contributed by atoms with van der Waals surface area (Å²) in [5, 5.41) is 4.46. The number of thiocarbonyl (C=S) groups is 1. The molecule has 1 aliphatic rings. The van der Waals surface area contributed by atoms with Gasteiger partial charge in [0.1, 0.15) is 0 Å². The number of nitrogens with one attached hydrogen (secondary N) is 1. The molecule has 1 heterocycles. The summed E-state index contributed by atoms with van der Waals surface area (Å²) in [6, 6.07) is 7.21. The summed E-state index contributed by atoms with van der Waals surface area (Å²) in [7, 11) is 1.86. The molecule has 1 amide bonds. The summed E-state index contributed by atoms with van der Waals surface area (Å²) < 4.78 is 0. The van der Waals surface area contributed by atoms with E-state index in [2.05, 4.69) is 5.32 Å². The normalized spacial score (nSPS) is 18.0. The summed E-state index contributed by atoms with van der Waals surface area (Å²) in [6.07, 6.45) is 0. The predicted octanol–water partition coefficient (Wildman–Crippen LogP) is 3.34. The van der Waals surface area contributed by atoms with Gasteiger partial charge < -0.3 is 15.1 Å². The molecule has 0 saturated carbocycles. The maximum atomic E-state index is 13.0. The second-order valence-corrected chi connectivity index (χ2v) is 6.23. The Labute approximate surface area is 148 Å². The van der Waals surface area contributed by atoms with Crippen molar-refractivity contribution in [2.75, 3.05) is 20.1 Å². The average molecular weight is 352 g/mol. The highest BCUT2D eigenvalue weighted by Crippen LogP contribution is 2.34. The molecule has 1 aromatic carbocycles. The third-order valence-corrected chi connectivity index (χ3v) is 4.99. The quantitative estimate of drug-likeness (QED) is 0.844. The number of rotatable bonds is 4. The Balaban J connectivity index is 2.57. The van der Waals surface area contributed by atoms with Crippen molar-refractivity contribution in [2.45, 2.75) is 26.8 Å². The van der Waals surface area contributed by atoms with Gasteiger partial charge in [0.25, 0.3) is 5.91 Å². The van der Waals surface area contributed by atoms with Crippen LogP contribution < -0.4 is 5.32 Å². The predicted molar refractivity (Wildman–Crippen MR) is 98.3 cm³/mol. The lowest BCUT2D eigenvalue weighted by molar-refractivity contribution is -0.127. The second-order valence-electron chi connectivity index (χ2n) is 5.44. The first-order chi connectivity index (χ1) is 10.9. The van der Waals surface area contributed by atoms with Crippen LogP contribution in [0, 0.1) is 0 Å². The van der Waals surface area contributed by atoms with Crippen LogP contribution in [0.4, 0.5) is 0 Å². The van der Waals surface area contributed by atoms with Gasteiger partial charge in [0, 0.05) is 30.9 Å². The minimum Gasteiger partial charge on any atom is -0.351 e. The van der Waals surface area contributed by atoms with E-state index >= 15 is 0 Å². The van der Waals surface area contributed by atoms with Crippen LogP contribution in [0.1, 0.15) is 32.4 Å². The van der Waals surface area contributed by atoms with Gasteiger partial charge in [-0.25, -0.2) is 0 Å². The van der Waals surface area contributed by atoms with Crippen LogP contribution in [0.3, 0.4) is 0 Å². The Morgan fingerprint density at radius 2 is 1.96 bits per heavy atom. The van der Waals surface area contributed by atoms with Gasteiger partial charge in [-0.1, -0.05) is 29.8 Å². The molecule has 6 heteroatoms. The molecule has 0 unspecified atom stereocenters.